The quantitative estimate of drug-likeness (QED) is 0.762. The summed E-state index contributed by atoms with van der Waals surface area (Å²) in [5.74, 6) is 0.149. The molecule has 0 radical (unpaired) electrons. The second kappa shape index (κ2) is 3.87. The predicted octanol–water partition coefficient (Wildman–Crippen LogP) is 0.847. The van der Waals surface area contributed by atoms with Crippen LogP contribution in [0.1, 0.15) is 12.6 Å². The first-order valence-corrected chi connectivity index (χ1v) is 4.79. The van der Waals surface area contributed by atoms with Gasteiger partial charge in [-0.25, -0.2) is 0 Å². The Hall–Kier alpha value is -0.610. The van der Waals surface area contributed by atoms with Crippen molar-refractivity contribution in [2.45, 2.75) is 20.4 Å². The number of thiazole rings is 1. The van der Waals surface area contributed by atoms with Gasteiger partial charge in [-0.15, -0.1) is 0 Å². The molecule has 0 aromatic carbocycles. The average molecular weight is 187 g/mol. The van der Waals surface area contributed by atoms with Crippen LogP contribution in [-0.4, -0.2) is 16.3 Å². The van der Waals surface area contributed by atoms with E-state index < -0.39 is 0 Å². The maximum atomic E-state index is 11.2. The summed E-state index contributed by atoms with van der Waals surface area (Å²) in [6.45, 7) is 4.57. The maximum Gasteiger partial charge on any atom is 0.307 e. The van der Waals surface area contributed by atoms with Crippen LogP contribution in [0.4, 0.5) is 0 Å². The van der Waals surface area contributed by atoms with Crippen molar-refractivity contribution >= 4 is 11.3 Å². The van der Waals surface area contributed by atoms with Gasteiger partial charge in [-0.1, -0.05) is 18.3 Å². The first kappa shape index (κ1) is 9.48. The van der Waals surface area contributed by atoms with Gasteiger partial charge < -0.3 is 9.67 Å². The number of hydrogen-bond donors (Lipinski definition) is 1. The van der Waals surface area contributed by atoms with Gasteiger partial charge in [0.2, 0.25) is 0 Å². The van der Waals surface area contributed by atoms with Crippen LogP contribution >= 0.6 is 11.3 Å². The molecule has 1 rings (SSSR count). The van der Waals surface area contributed by atoms with Gasteiger partial charge in [0.05, 0.1) is 0 Å². The Balaban J connectivity index is 2.81. The van der Waals surface area contributed by atoms with Crippen LogP contribution in [0.2, 0.25) is 0 Å². The normalized spacial score (nSPS) is 13.2. The molecule has 1 unspecified atom stereocenters. The molecule has 0 saturated heterocycles. The highest BCUT2D eigenvalue weighted by Crippen LogP contribution is 2.03. The van der Waals surface area contributed by atoms with E-state index in [2.05, 4.69) is 0 Å². The fourth-order valence-electron chi connectivity index (χ4n) is 0.995. The molecule has 0 amide bonds. The van der Waals surface area contributed by atoms with E-state index in [1.807, 2.05) is 19.2 Å². The average Bonchev–Trinajstić information content (AvgIpc) is 2.35. The van der Waals surface area contributed by atoms with Crippen LogP contribution < -0.4 is 4.87 Å². The first-order chi connectivity index (χ1) is 5.65. The molecule has 0 bridgehead atoms. The number of nitrogens with zero attached hydrogens (tertiary/aromatic N) is 1. The number of aromatic nitrogens is 1. The molecule has 4 heteroatoms. The Morgan fingerprint density at radius 2 is 2.42 bits per heavy atom. The number of aryl methyl sites for hydroxylation is 1. The van der Waals surface area contributed by atoms with Crippen LogP contribution in [0.5, 0.6) is 0 Å². The molecule has 0 aliphatic carbocycles. The highest BCUT2D eigenvalue weighted by molar-refractivity contribution is 7.07. The van der Waals surface area contributed by atoms with Crippen LogP contribution in [0.25, 0.3) is 0 Å². The van der Waals surface area contributed by atoms with Crippen molar-refractivity contribution in [2.24, 2.45) is 5.92 Å². The van der Waals surface area contributed by atoms with Crippen LogP contribution in [-0.2, 0) is 6.54 Å². The van der Waals surface area contributed by atoms with E-state index in [4.69, 9.17) is 5.11 Å². The monoisotopic (exact) mass is 187 g/mol. The third-order valence-electron chi connectivity index (χ3n) is 1.78. The van der Waals surface area contributed by atoms with E-state index in [0.717, 1.165) is 5.69 Å². The van der Waals surface area contributed by atoms with Crippen LogP contribution in [0, 0.1) is 12.8 Å². The lowest BCUT2D eigenvalue weighted by molar-refractivity contribution is 0.222. The minimum atomic E-state index is 0.0628. The minimum Gasteiger partial charge on any atom is -0.396 e. The van der Waals surface area contributed by atoms with Gasteiger partial charge >= 0.3 is 4.87 Å². The van der Waals surface area contributed by atoms with Crippen molar-refractivity contribution in [2.75, 3.05) is 6.61 Å². The molecule has 1 heterocycles. The van der Waals surface area contributed by atoms with Gasteiger partial charge in [-0.3, -0.25) is 4.79 Å². The Bertz CT molecular complexity index is 302. The Morgan fingerprint density at radius 3 is 2.83 bits per heavy atom. The standard InChI is InChI=1S/C8H13NO2S/c1-6(4-10)3-9-7(2)5-12-8(9)11/h5-6,10H,3-4H2,1-2H3. The molecule has 12 heavy (non-hydrogen) atoms. The topological polar surface area (TPSA) is 42.2 Å². The molecule has 3 nitrogen and oxygen atoms in total. The summed E-state index contributed by atoms with van der Waals surface area (Å²) < 4.78 is 1.70. The Morgan fingerprint density at radius 1 is 1.75 bits per heavy atom. The molecule has 1 atom stereocenters. The van der Waals surface area contributed by atoms with Crippen molar-refractivity contribution in [3.63, 3.8) is 0 Å². The number of aliphatic hydroxyl groups excluding tert-OH is 1. The summed E-state index contributed by atoms with van der Waals surface area (Å²) in [7, 11) is 0. The summed E-state index contributed by atoms with van der Waals surface area (Å²) >= 11 is 1.21. The zero-order valence-corrected chi connectivity index (χ0v) is 8.10. The van der Waals surface area contributed by atoms with Gasteiger partial charge in [0, 0.05) is 24.2 Å². The second-order valence-electron chi connectivity index (χ2n) is 3.04. The van der Waals surface area contributed by atoms with E-state index in [0.29, 0.717) is 6.54 Å². The van der Waals surface area contributed by atoms with E-state index >= 15 is 0 Å². The molecule has 0 fully saturated rings. The zero-order valence-electron chi connectivity index (χ0n) is 7.28. The fraction of sp³-hybridized carbons (Fsp3) is 0.625. The predicted molar refractivity (Wildman–Crippen MR) is 49.6 cm³/mol. The van der Waals surface area contributed by atoms with Gasteiger partial charge in [-0.05, 0) is 12.8 Å². The molecule has 0 saturated carbocycles. The van der Waals surface area contributed by atoms with Gasteiger partial charge in [0.1, 0.15) is 0 Å². The van der Waals surface area contributed by atoms with Crippen molar-refractivity contribution in [1.29, 1.82) is 0 Å². The Kier molecular flexibility index (Phi) is 3.05. The molecule has 0 aliphatic heterocycles. The second-order valence-corrected chi connectivity index (χ2v) is 3.86. The SMILES string of the molecule is Cc1csc(=O)n1CC(C)CO. The summed E-state index contributed by atoms with van der Waals surface area (Å²) in [5.41, 5.74) is 0.977. The molecular formula is C8H13NO2S. The number of aliphatic hydroxyl groups is 1. The van der Waals surface area contributed by atoms with E-state index in [9.17, 15) is 4.79 Å². The van der Waals surface area contributed by atoms with Crippen LogP contribution in [0.15, 0.2) is 10.2 Å². The Labute approximate surface area is 75.3 Å². The van der Waals surface area contributed by atoms with Crippen molar-refractivity contribution in [1.82, 2.24) is 4.57 Å². The molecule has 1 aromatic rings. The summed E-state index contributed by atoms with van der Waals surface area (Å²) in [5, 5.41) is 10.6. The molecule has 68 valence electrons. The van der Waals surface area contributed by atoms with E-state index in [-0.39, 0.29) is 17.4 Å². The lowest BCUT2D eigenvalue weighted by Crippen LogP contribution is -2.20. The number of rotatable bonds is 3. The smallest absolute Gasteiger partial charge is 0.307 e. The summed E-state index contributed by atoms with van der Waals surface area (Å²) in [6.07, 6.45) is 0. The molecule has 0 spiro atoms. The van der Waals surface area contributed by atoms with Crippen molar-refractivity contribution < 1.29 is 5.11 Å². The minimum absolute atomic E-state index is 0.0628. The molecular weight excluding hydrogens is 174 g/mol. The molecule has 0 aliphatic rings. The first-order valence-electron chi connectivity index (χ1n) is 3.91. The van der Waals surface area contributed by atoms with Crippen molar-refractivity contribution in [3.05, 3.63) is 20.7 Å². The largest absolute Gasteiger partial charge is 0.396 e. The number of hydrogen-bond acceptors (Lipinski definition) is 3. The highest BCUT2D eigenvalue weighted by Gasteiger charge is 2.06. The fourth-order valence-corrected chi connectivity index (χ4v) is 1.74. The molecule has 1 N–H and O–H groups in total. The lowest BCUT2D eigenvalue weighted by atomic mass is 10.2. The summed E-state index contributed by atoms with van der Waals surface area (Å²) in [6, 6.07) is 0. The molecule has 1 aromatic heterocycles. The van der Waals surface area contributed by atoms with Gasteiger partial charge in [0.25, 0.3) is 0 Å². The zero-order chi connectivity index (χ0) is 9.14. The highest BCUT2D eigenvalue weighted by atomic mass is 32.1. The van der Waals surface area contributed by atoms with Crippen molar-refractivity contribution in [3.8, 4) is 0 Å². The van der Waals surface area contributed by atoms with Gasteiger partial charge in [-0.2, -0.15) is 0 Å². The third-order valence-corrected chi connectivity index (χ3v) is 2.66. The van der Waals surface area contributed by atoms with Gasteiger partial charge in [0.15, 0.2) is 0 Å². The van der Waals surface area contributed by atoms with E-state index in [1.54, 1.807) is 4.57 Å². The van der Waals surface area contributed by atoms with E-state index in [1.165, 1.54) is 11.3 Å². The van der Waals surface area contributed by atoms with Crippen LogP contribution in [0.3, 0.4) is 0 Å². The lowest BCUT2D eigenvalue weighted by Gasteiger charge is -2.08. The third kappa shape index (κ3) is 1.95. The maximum absolute atomic E-state index is 11.2. The summed E-state index contributed by atoms with van der Waals surface area (Å²) in [4.78, 5) is 11.3.